The lowest BCUT2D eigenvalue weighted by atomic mass is 10.0. The van der Waals surface area contributed by atoms with E-state index >= 15 is 0 Å². The van der Waals surface area contributed by atoms with Gasteiger partial charge in [0.2, 0.25) is 0 Å². The van der Waals surface area contributed by atoms with Crippen LogP contribution in [0.1, 0.15) is 27.5 Å². The number of rotatable bonds is 8. The van der Waals surface area contributed by atoms with Crippen molar-refractivity contribution in [3.63, 3.8) is 0 Å². The molecule has 2 aromatic heterocycles. The molecule has 5 rings (SSSR count). The van der Waals surface area contributed by atoms with Gasteiger partial charge in [-0.05, 0) is 29.3 Å². The maximum absolute atomic E-state index is 13.3. The van der Waals surface area contributed by atoms with Crippen LogP contribution in [0.3, 0.4) is 0 Å². The first-order valence-electron chi connectivity index (χ1n) is 11.4. The molecule has 7 nitrogen and oxygen atoms in total. The van der Waals surface area contributed by atoms with Gasteiger partial charge in [-0.1, -0.05) is 71.9 Å². The highest BCUT2D eigenvalue weighted by atomic mass is 16.5. The normalized spacial score (nSPS) is 11.9. The number of nitrogens with one attached hydrogen (secondary N) is 1. The van der Waals surface area contributed by atoms with Crippen molar-refractivity contribution < 1.29 is 9.53 Å². The lowest BCUT2D eigenvalue weighted by molar-refractivity contribution is 0.0895. The van der Waals surface area contributed by atoms with Crippen molar-refractivity contribution in [2.24, 2.45) is 0 Å². The van der Waals surface area contributed by atoms with Gasteiger partial charge in [-0.3, -0.25) is 9.78 Å². The molecule has 1 amide bonds. The Morgan fingerprint density at radius 1 is 0.971 bits per heavy atom. The average molecular weight is 464 g/mol. The predicted molar refractivity (Wildman–Crippen MR) is 135 cm³/mol. The third kappa shape index (κ3) is 4.95. The molecule has 0 saturated heterocycles. The summed E-state index contributed by atoms with van der Waals surface area (Å²) in [4.78, 5) is 17.7. The second-order valence-electron chi connectivity index (χ2n) is 8.23. The zero-order chi connectivity index (χ0) is 24.0. The minimum Gasteiger partial charge on any atom is -0.382 e. The molecule has 1 unspecified atom stereocenters. The fourth-order valence-corrected chi connectivity index (χ4v) is 4.19. The highest BCUT2D eigenvalue weighted by Crippen LogP contribution is 2.26. The molecule has 1 atom stereocenters. The summed E-state index contributed by atoms with van der Waals surface area (Å²) in [6.45, 7) is 0.796. The first-order valence-corrected chi connectivity index (χ1v) is 11.4. The molecular formula is C28H25N5O2. The summed E-state index contributed by atoms with van der Waals surface area (Å²) in [5.41, 5.74) is 5.07. The van der Waals surface area contributed by atoms with E-state index in [0.717, 1.165) is 33.3 Å². The van der Waals surface area contributed by atoms with Crippen LogP contribution in [0.25, 0.3) is 22.2 Å². The fraction of sp³-hybridized carbons (Fsp3) is 0.143. The molecule has 5 aromatic rings. The molecule has 0 aliphatic heterocycles. The van der Waals surface area contributed by atoms with Gasteiger partial charge >= 0.3 is 0 Å². The Hall–Kier alpha value is -4.36. The van der Waals surface area contributed by atoms with E-state index in [1.54, 1.807) is 18.0 Å². The van der Waals surface area contributed by atoms with E-state index in [9.17, 15) is 4.79 Å². The summed E-state index contributed by atoms with van der Waals surface area (Å²) in [5, 5.41) is 12.8. The van der Waals surface area contributed by atoms with E-state index in [-0.39, 0.29) is 11.9 Å². The smallest absolute Gasteiger partial charge is 0.252 e. The van der Waals surface area contributed by atoms with E-state index in [4.69, 9.17) is 4.74 Å². The van der Waals surface area contributed by atoms with Crippen LogP contribution >= 0.6 is 0 Å². The standard InChI is InChI=1S/C28H25N5O2/c1-35-19-27(20-9-3-2-4-10-20)30-28(34)22-12-6-5-11-21(22)17-33-18-26(31-32-33)24-13-7-15-25-23(24)14-8-16-29-25/h2-16,18,27H,17,19H2,1H3,(H,30,34). The van der Waals surface area contributed by atoms with E-state index in [2.05, 4.69) is 20.6 Å². The number of carbonyl (C=O) groups is 1. The Balaban J connectivity index is 1.38. The molecule has 35 heavy (non-hydrogen) atoms. The maximum atomic E-state index is 13.3. The Kier molecular flexibility index (Phi) is 6.59. The summed E-state index contributed by atoms with van der Waals surface area (Å²) in [6, 6.07) is 27.0. The van der Waals surface area contributed by atoms with E-state index in [0.29, 0.717) is 18.7 Å². The number of hydrogen-bond donors (Lipinski definition) is 1. The Labute approximate surface area is 203 Å². The van der Waals surface area contributed by atoms with E-state index < -0.39 is 0 Å². The SMILES string of the molecule is COCC(NC(=O)c1ccccc1Cn1cc(-c2cccc3ncccc23)nn1)c1ccccc1. The van der Waals surface area contributed by atoms with Crippen molar-refractivity contribution in [3.8, 4) is 11.3 Å². The number of pyridine rings is 1. The van der Waals surface area contributed by atoms with E-state index in [1.807, 2.05) is 91.1 Å². The molecular weight excluding hydrogens is 438 g/mol. The number of hydrogen-bond acceptors (Lipinski definition) is 5. The molecule has 2 heterocycles. The molecule has 0 saturated carbocycles. The van der Waals surface area contributed by atoms with Crippen molar-refractivity contribution in [1.29, 1.82) is 0 Å². The maximum Gasteiger partial charge on any atom is 0.252 e. The van der Waals surface area contributed by atoms with Crippen LogP contribution in [0.2, 0.25) is 0 Å². The number of aromatic nitrogens is 4. The number of ether oxygens (including phenoxy) is 1. The molecule has 0 bridgehead atoms. The predicted octanol–water partition coefficient (Wildman–Crippen LogP) is 4.66. The first-order chi connectivity index (χ1) is 17.2. The number of fused-ring (bicyclic) bond motifs is 1. The van der Waals surface area contributed by atoms with Gasteiger partial charge in [0.05, 0.1) is 30.9 Å². The Morgan fingerprint density at radius 2 is 1.80 bits per heavy atom. The minimum absolute atomic E-state index is 0.160. The lowest BCUT2D eigenvalue weighted by Crippen LogP contribution is -2.32. The topological polar surface area (TPSA) is 81.9 Å². The molecule has 0 aliphatic rings. The van der Waals surface area contributed by atoms with Crippen LogP contribution in [0.15, 0.2) is 97.3 Å². The van der Waals surface area contributed by atoms with Crippen molar-refractivity contribution in [2.45, 2.75) is 12.6 Å². The van der Waals surface area contributed by atoms with Crippen LogP contribution in [-0.4, -0.2) is 39.6 Å². The van der Waals surface area contributed by atoms with Gasteiger partial charge < -0.3 is 10.1 Å². The molecule has 0 spiro atoms. The van der Waals surface area contributed by atoms with Crippen molar-refractivity contribution in [1.82, 2.24) is 25.3 Å². The highest BCUT2D eigenvalue weighted by molar-refractivity contribution is 5.96. The largest absolute Gasteiger partial charge is 0.382 e. The molecule has 3 aromatic carbocycles. The quantitative estimate of drug-likeness (QED) is 0.362. The number of methoxy groups -OCH3 is 1. The monoisotopic (exact) mass is 463 g/mol. The summed E-state index contributed by atoms with van der Waals surface area (Å²) in [5.74, 6) is -0.160. The highest BCUT2D eigenvalue weighted by Gasteiger charge is 2.18. The molecule has 1 N–H and O–H groups in total. The Morgan fingerprint density at radius 3 is 2.66 bits per heavy atom. The number of nitrogens with zero attached hydrogens (tertiary/aromatic N) is 4. The Bertz CT molecular complexity index is 1440. The van der Waals surface area contributed by atoms with Gasteiger partial charge in [-0.25, -0.2) is 4.68 Å². The van der Waals surface area contributed by atoms with Crippen LogP contribution in [0.5, 0.6) is 0 Å². The molecule has 0 fully saturated rings. The average Bonchev–Trinajstić information content (AvgIpc) is 3.37. The lowest BCUT2D eigenvalue weighted by Gasteiger charge is -2.19. The van der Waals surface area contributed by atoms with Crippen molar-refractivity contribution in [3.05, 3.63) is 114 Å². The van der Waals surface area contributed by atoms with E-state index in [1.165, 1.54) is 0 Å². The van der Waals surface area contributed by atoms with Crippen LogP contribution in [0.4, 0.5) is 0 Å². The minimum atomic E-state index is -0.250. The van der Waals surface area contributed by atoms with Gasteiger partial charge in [-0.15, -0.1) is 5.10 Å². The van der Waals surface area contributed by atoms with Gasteiger partial charge in [-0.2, -0.15) is 0 Å². The first kappa shape index (κ1) is 22.4. The van der Waals surface area contributed by atoms with Gasteiger partial charge in [0.25, 0.3) is 5.91 Å². The molecule has 7 heteroatoms. The van der Waals surface area contributed by atoms with Gasteiger partial charge in [0.15, 0.2) is 0 Å². The van der Waals surface area contributed by atoms with Crippen LogP contribution in [0, 0.1) is 0 Å². The summed E-state index contributed by atoms with van der Waals surface area (Å²) >= 11 is 0. The third-order valence-corrected chi connectivity index (χ3v) is 5.90. The second kappa shape index (κ2) is 10.3. The van der Waals surface area contributed by atoms with Crippen molar-refractivity contribution >= 4 is 16.8 Å². The molecule has 0 radical (unpaired) electrons. The second-order valence-corrected chi connectivity index (χ2v) is 8.23. The molecule has 174 valence electrons. The summed E-state index contributed by atoms with van der Waals surface area (Å²) in [6.07, 6.45) is 3.67. The zero-order valence-corrected chi connectivity index (χ0v) is 19.3. The number of benzene rings is 3. The summed E-state index contributed by atoms with van der Waals surface area (Å²) < 4.78 is 7.11. The van der Waals surface area contributed by atoms with Gasteiger partial charge in [0, 0.05) is 29.8 Å². The van der Waals surface area contributed by atoms with Crippen LogP contribution < -0.4 is 5.32 Å². The van der Waals surface area contributed by atoms with Crippen molar-refractivity contribution in [2.75, 3.05) is 13.7 Å². The zero-order valence-electron chi connectivity index (χ0n) is 19.3. The molecule has 0 aliphatic carbocycles. The fourth-order valence-electron chi connectivity index (χ4n) is 4.19. The third-order valence-electron chi connectivity index (χ3n) is 5.90. The number of carbonyl (C=O) groups excluding carboxylic acids is 1. The number of amides is 1. The van der Waals surface area contributed by atoms with Crippen LogP contribution in [-0.2, 0) is 11.3 Å². The van der Waals surface area contributed by atoms with Gasteiger partial charge in [0.1, 0.15) is 5.69 Å². The summed E-state index contributed by atoms with van der Waals surface area (Å²) in [7, 11) is 1.63.